The van der Waals surface area contributed by atoms with E-state index >= 15 is 0 Å². The molecule has 0 aliphatic rings. The minimum Gasteiger partial charge on any atom is -0.191 e. The van der Waals surface area contributed by atoms with Crippen molar-refractivity contribution in [1.82, 2.24) is 0 Å². The van der Waals surface area contributed by atoms with Crippen LogP contribution in [0.2, 0.25) is 0 Å². The monoisotopic (exact) mass is 720 g/mol. The van der Waals surface area contributed by atoms with Crippen molar-refractivity contribution >= 4 is 10.1 Å². The third-order valence-corrected chi connectivity index (χ3v) is 14.4. The zero-order valence-electron chi connectivity index (χ0n) is 22.4. The first-order valence-electron chi connectivity index (χ1n) is 12.0. The predicted octanol–water partition coefficient (Wildman–Crippen LogP) is 5.41. The molecule has 0 aliphatic carbocycles. The number of hydrogen-bond donors (Lipinski definition) is 0. The zero-order valence-corrected chi connectivity index (χ0v) is 25.4. The lowest BCUT2D eigenvalue weighted by Crippen LogP contribution is -3.85. The molecule has 0 heterocycles. The topological polar surface area (TPSA) is 43.4 Å². The van der Waals surface area contributed by atoms with Crippen LogP contribution in [0.3, 0.4) is 0 Å². The molecule has 40 heavy (non-hydrogen) atoms. The summed E-state index contributed by atoms with van der Waals surface area (Å²) in [6.45, 7) is 11.4. The molecule has 0 spiro atoms. The van der Waals surface area contributed by atoms with E-state index in [1.807, 2.05) is 41.5 Å². The quantitative estimate of drug-likeness (QED) is 0.231. The van der Waals surface area contributed by atoms with Crippen molar-refractivity contribution in [3.05, 3.63) is 66.8 Å². The van der Waals surface area contributed by atoms with E-state index in [2.05, 4.69) is 2.51 Å². The van der Waals surface area contributed by atoms with Gasteiger partial charge in [0.2, 0.25) is 0 Å². The molecule has 227 valence electrons. The molecular formula is C26H30F9IO3S+. The lowest BCUT2D eigenvalue weighted by atomic mass is 9.82. The van der Waals surface area contributed by atoms with Crippen LogP contribution < -0.4 is 20.2 Å². The molecule has 0 aromatic heterocycles. The third-order valence-electron chi connectivity index (χ3n) is 6.99. The number of alkyl halides is 9. The molecule has 0 aliphatic heterocycles. The van der Waals surface area contributed by atoms with Gasteiger partial charge in [0.25, 0.3) is 0 Å². The lowest BCUT2D eigenvalue weighted by Gasteiger charge is -2.32. The Hall–Kier alpha value is -1.55. The summed E-state index contributed by atoms with van der Waals surface area (Å²) in [5.74, 6) is -14.7. The van der Waals surface area contributed by atoms with Gasteiger partial charge in [0, 0.05) is 0 Å². The van der Waals surface area contributed by atoms with E-state index in [4.69, 9.17) is 0 Å². The Morgan fingerprint density at radius 1 is 0.625 bits per heavy atom. The van der Waals surface area contributed by atoms with Gasteiger partial charge in [0.1, 0.15) is 0 Å². The normalized spacial score (nSPS) is 14.6. The van der Waals surface area contributed by atoms with Crippen LogP contribution >= 0.6 is 0 Å². The average Bonchev–Trinajstić information content (AvgIpc) is 2.86. The molecule has 2 aromatic rings. The van der Waals surface area contributed by atoms with Crippen LogP contribution in [0.25, 0.3) is 0 Å². The minimum atomic E-state index is -7.38. The lowest BCUT2D eigenvalue weighted by molar-refractivity contribution is -1.03. The Labute approximate surface area is 235 Å². The van der Waals surface area contributed by atoms with E-state index < -0.39 is 53.6 Å². The Morgan fingerprint density at radius 2 is 0.950 bits per heavy atom. The van der Waals surface area contributed by atoms with Gasteiger partial charge < -0.3 is 0 Å². The fourth-order valence-electron chi connectivity index (χ4n) is 3.28. The first kappa shape index (κ1) is 34.7. The Balaban J connectivity index is 2.67. The summed E-state index contributed by atoms with van der Waals surface area (Å²) in [7, 11) is -7.04. The van der Waals surface area contributed by atoms with Crippen molar-refractivity contribution < 1.29 is 70.7 Å². The molecule has 0 fully saturated rings. The van der Waals surface area contributed by atoms with Crippen molar-refractivity contribution in [2.75, 3.05) is 0 Å². The molecule has 0 saturated heterocycles. The number of hydrogen-bond acceptors (Lipinski definition) is 3. The van der Waals surface area contributed by atoms with Crippen molar-refractivity contribution in [2.24, 2.45) is 0 Å². The molecule has 0 saturated carbocycles. The standard InChI is InChI=1S/C26H30F9IO3S/c1-7-21(3,4)17-9-13-19(14-10-17)36(20-15-11-18(12-16-20)22(5,6)8-2)39-40(37,38)26(34,35)24(29,30)23(27,28)25(31,32)33/h9-16H,7-8H2,1-6H3/q+1. The Morgan fingerprint density at radius 3 is 1.23 bits per heavy atom. The second-order valence-electron chi connectivity index (χ2n) is 10.4. The van der Waals surface area contributed by atoms with Crippen molar-refractivity contribution in [3.8, 4) is 0 Å². The Bertz CT molecular complexity index is 1210. The third kappa shape index (κ3) is 6.27. The highest BCUT2D eigenvalue weighted by Gasteiger charge is 2.86. The van der Waals surface area contributed by atoms with E-state index in [0.29, 0.717) is 12.8 Å². The minimum absolute atomic E-state index is 0.00706. The largest absolute Gasteiger partial charge is 0.460 e. The summed E-state index contributed by atoms with van der Waals surface area (Å²) >= 11 is -4.18. The smallest absolute Gasteiger partial charge is 0.191 e. The molecule has 2 aromatic carbocycles. The zero-order chi connectivity index (χ0) is 31.2. The van der Waals surface area contributed by atoms with Gasteiger partial charge in [-0.3, -0.25) is 0 Å². The molecule has 0 amide bonds. The first-order valence-corrected chi connectivity index (χ1v) is 16.4. The van der Waals surface area contributed by atoms with Gasteiger partial charge in [-0.2, -0.15) is 47.9 Å². The maximum absolute atomic E-state index is 14.5. The van der Waals surface area contributed by atoms with E-state index in [9.17, 15) is 47.9 Å². The second-order valence-corrected chi connectivity index (χ2v) is 17.0. The maximum Gasteiger partial charge on any atom is 0.460 e. The Kier molecular flexibility index (Phi) is 9.76. The highest BCUT2D eigenvalue weighted by molar-refractivity contribution is 7.87. The molecule has 2 rings (SSSR count). The molecule has 0 bridgehead atoms. The average molecular weight is 720 g/mol. The summed E-state index contributed by atoms with van der Waals surface area (Å²) in [6, 6.07) is 11.6. The molecular weight excluding hydrogens is 690 g/mol. The second kappa shape index (κ2) is 11.3. The van der Waals surface area contributed by atoms with Gasteiger partial charge in [-0.1, -0.05) is 65.8 Å². The summed E-state index contributed by atoms with van der Waals surface area (Å²) in [5, 5.41) is -6.93. The molecule has 0 N–H and O–H groups in total. The molecule has 0 unspecified atom stereocenters. The molecule has 0 atom stereocenters. The fraction of sp³-hybridized carbons (Fsp3) is 0.538. The van der Waals surface area contributed by atoms with Gasteiger partial charge in [0.05, 0.1) is 0 Å². The predicted molar refractivity (Wildman–Crippen MR) is 128 cm³/mol. The number of benzene rings is 2. The van der Waals surface area contributed by atoms with Gasteiger partial charge in [-0.15, -0.1) is 0 Å². The van der Waals surface area contributed by atoms with Crippen LogP contribution in [0.4, 0.5) is 39.5 Å². The SMILES string of the molecule is CCC(C)(C)c1ccc([I+](OS(=O)(=O)C(F)(F)C(F)(F)C(F)(F)C(F)(F)F)c2ccc(C(C)(C)CC)cc2)cc1. The molecule has 14 heteroatoms. The van der Waals surface area contributed by atoms with E-state index in [1.165, 1.54) is 24.3 Å². The van der Waals surface area contributed by atoms with E-state index in [1.54, 1.807) is 24.3 Å². The van der Waals surface area contributed by atoms with Crippen LogP contribution in [0.5, 0.6) is 0 Å². The van der Waals surface area contributed by atoms with Gasteiger partial charge >= 0.3 is 53.6 Å². The first-order chi connectivity index (χ1) is 17.9. The van der Waals surface area contributed by atoms with Gasteiger partial charge in [-0.25, -0.2) is 0 Å². The van der Waals surface area contributed by atoms with Crippen LogP contribution in [0.15, 0.2) is 48.5 Å². The number of rotatable bonds is 11. The maximum atomic E-state index is 14.5. The van der Waals surface area contributed by atoms with Crippen LogP contribution in [-0.2, 0) is 23.5 Å². The van der Waals surface area contributed by atoms with Crippen LogP contribution in [0.1, 0.15) is 65.5 Å². The summed E-state index contributed by atoms with van der Waals surface area (Å²) in [4.78, 5) is 0. The number of halogens is 10. The van der Waals surface area contributed by atoms with Crippen molar-refractivity contribution in [1.29, 1.82) is 0 Å². The summed E-state index contributed by atoms with van der Waals surface area (Å²) in [5.41, 5.74) is 0.824. The van der Waals surface area contributed by atoms with Crippen molar-refractivity contribution in [2.45, 2.75) is 88.5 Å². The van der Waals surface area contributed by atoms with E-state index in [0.717, 1.165) is 11.1 Å². The summed E-state index contributed by atoms with van der Waals surface area (Å²) < 4.78 is 151. The van der Waals surface area contributed by atoms with Crippen LogP contribution in [0, 0.1) is 7.14 Å². The van der Waals surface area contributed by atoms with Gasteiger partial charge in [0.15, 0.2) is 7.14 Å². The fourth-order valence-corrected chi connectivity index (χ4v) is 10.2. The van der Waals surface area contributed by atoms with E-state index in [-0.39, 0.29) is 18.0 Å². The molecule has 1 radical (unpaired) electrons. The van der Waals surface area contributed by atoms with Crippen LogP contribution in [-0.4, -0.2) is 31.7 Å². The molecule has 3 nitrogen and oxygen atoms in total. The highest BCUT2D eigenvalue weighted by Crippen LogP contribution is 2.54. The highest BCUT2D eigenvalue weighted by atomic mass is 127. The van der Waals surface area contributed by atoms with Gasteiger partial charge in [-0.05, 0) is 61.6 Å². The summed E-state index contributed by atoms with van der Waals surface area (Å²) in [6.07, 6.45) is -5.80. The van der Waals surface area contributed by atoms with Crippen molar-refractivity contribution in [3.63, 3.8) is 0 Å².